The van der Waals surface area contributed by atoms with Crippen molar-refractivity contribution in [1.29, 1.82) is 0 Å². The molecule has 0 aliphatic heterocycles. The smallest absolute Gasteiger partial charge is 0.274 e. The van der Waals surface area contributed by atoms with Crippen LogP contribution in [0.15, 0.2) is 95.4 Å². The molecule has 244 valence electrons. The van der Waals surface area contributed by atoms with Crippen molar-refractivity contribution in [2.45, 2.75) is 20.4 Å². The molecule has 13 nitrogen and oxygen atoms in total. The monoisotopic (exact) mass is 656 g/mol. The Morgan fingerprint density at radius 1 is 0.755 bits per heavy atom. The summed E-state index contributed by atoms with van der Waals surface area (Å²) in [6.07, 6.45) is 0. The number of fused-ring (bicyclic) bond motifs is 2. The lowest BCUT2D eigenvalue weighted by molar-refractivity contribution is -0.114. The van der Waals surface area contributed by atoms with Gasteiger partial charge in [-0.05, 0) is 66.6 Å². The first-order valence-corrected chi connectivity index (χ1v) is 14.9. The number of nitrogens with two attached hydrogens (primary N) is 2. The van der Waals surface area contributed by atoms with Crippen molar-refractivity contribution in [3.05, 3.63) is 114 Å². The summed E-state index contributed by atoms with van der Waals surface area (Å²) < 4.78 is 19.1. The van der Waals surface area contributed by atoms with Gasteiger partial charge < -0.3 is 26.5 Å². The average Bonchev–Trinajstić information content (AvgIpc) is 3.56. The highest BCUT2D eigenvalue weighted by atomic mass is 19.1. The van der Waals surface area contributed by atoms with Crippen LogP contribution in [0, 0.1) is 12.7 Å². The van der Waals surface area contributed by atoms with Crippen LogP contribution in [-0.2, 0) is 11.3 Å². The number of aromatic nitrogens is 6. The molecule has 4 aromatic carbocycles. The zero-order chi connectivity index (χ0) is 34.5. The molecule has 0 atom stereocenters. The van der Waals surface area contributed by atoms with Crippen LogP contribution in [0.5, 0.6) is 0 Å². The van der Waals surface area contributed by atoms with E-state index in [1.165, 1.54) is 19.1 Å². The van der Waals surface area contributed by atoms with E-state index in [1.54, 1.807) is 43.3 Å². The van der Waals surface area contributed by atoms with E-state index in [2.05, 4.69) is 40.8 Å². The highest BCUT2D eigenvalue weighted by Gasteiger charge is 2.19. The molecular weight excluding hydrogens is 627 g/mol. The molecule has 2 amide bonds. The largest absolute Gasteiger partial charge is 0.414 e. The van der Waals surface area contributed by atoms with Gasteiger partial charge in [-0.15, -0.1) is 10.2 Å². The fraction of sp³-hybridized carbons (Fsp3) is 0.0857. The van der Waals surface area contributed by atoms with Gasteiger partial charge in [0.2, 0.25) is 11.8 Å². The lowest BCUT2D eigenvalue weighted by atomic mass is 10.1. The molecule has 14 heteroatoms. The number of benzene rings is 4. The third-order valence-electron chi connectivity index (χ3n) is 7.06. The van der Waals surface area contributed by atoms with Gasteiger partial charge in [0.05, 0.1) is 33.3 Å². The second kappa shape index (κ2) is 13.9. The third-order valence-corrected chi connectivity index (χ3v) is 7.06. The van der Waals surface area contributed by atoms with Gasteiger partial charge in [-0.1, -0.05) is 42.5 Å². The summed E-state index contributed by atoms with van der Waals surface area (Å²) in [6, 6.07) is 26.3. The van der Waals surface area contributed by atoms with Gasteiger partial charge in [0, 0.05) is 13.5 Å². The predicted octanol–water partition coefficient (Wildman–Crippen LogP) is 5.48. The molecule has 0 saturated carbocycles. The summed E-state index contributed by atoms with van der Waals surface area (Å²) in [4.78, 5) is 40.9. The number of para-hydroxylation sites is 5. The molecule has 0 fully saturated rings. The molecule has 0 aliphatic carbocycles. The molecule has 0 spiro atoms. The lowest BCUT2D eigenvalue weighted by Gasteiger charge is -2.08. The summed E-state index contributed by atoms with van der Waals surface area (Å²) >= 11 is 0. The number of carbonyl (C=O) groups excluding carboxylic acids is 2. The van der Waals surface area contributed by atoms with E-state index >= 15 is 0 Å². The average molecular weight is 657 g/mol. The first-order chi connectivity index (χ1) is 23.6. The Morgan fingerprint density at radius 3 is 2.02 bits per heavy atom. The molecule has 0 aliphatic rings. The molecule has 6 N–H and O–H groups in total. The molecule has 3 aromatic heterocycles. The van der Waals surface area contributed by atoms with Crippen LogP contribution in [0.1, 0.15) is 28.5 Å². The van der Waals surface area contributed by atoms with Gasteiger partial charge in [0.1, 0.15) is 5.82 Å². The Bertz CT molecular complexity index is 2320. The first kappa shape index (κ1) is 32.1. The number of nitrogen functional groups attached to an aromatic ring is 2. The minimum Gasteiger partial charge on any atom is -0.414 e. The Morgan fingerprint density at radius 2 is 1.35 bits per heavy atom. The minimum absolute atomic E-state index is 0.0663. The van der Waals surface area contributed by atoms with E-state index in [0.29, 0.717) is 44.6 Å². The topological polar surface area (TPSA) is 201 Å². The first-order valence-electron chi connectivity index (χ1n) is 14.9. The molecule has 0 bridgehead atoms. The number of halogens is 1. The number of carbonyl (C=O) groups is 2. The fourth-order valence-electron chi connectivity index (χ4n) is 4.93. The summed E-state index contributed by atoms with van der Waals surface area (Å²) in [6.45, 7) is 3.41. The molecule has 0 radical (unpaired) electrons. The second-order valence-corrected chi connectivity index (χ2v) is 10.9. The van der Waals surface area contributed by atoms with Crippen LogP contribution in [-0.4, -0.2) is 41.9 Å². The summed E-state index contributed by atoms with van der Waals surface area (Å²) in [5, 5.41) is 13.5. The molecule has 0 saturated heterocycles. The van der Waals surface area contributed by atoms with Crippen LogP contribution in [0.2, 0.25) is 0 Å². The maximum absolute atomic E-state index is 13.4. The van der Waals surface area contributed by atoms with E-state index in [-0.39, 0.29) is 47.4 Å². The minimum atomic E-state index is -0.442. The van der Waals surface area contributed by atoms with Gasteiger partial charge in [0.15, 0.2) is 23.0 Å². The van der Waals surface area contributed by atoms with Gasteiger partial charge in [-0.3, -0.25) is 9.59 Å². The number of nitrogens with zero attached hydrogens (tertiary/aromatic N) is 6. The molecule has 7 aromatic rings. The van der Waals surface area contributed by atoms with Gasteiger partial charge in [0.25, 0.3) is 11.8 Å². The van der Waals surface area contributed by atoms with Crippen molar-refractivity contribution < 1.29 is 18.4 Å². The number of anilines is 3. The summed E-state index contributed by atoms with van der Waals surface area (Å²) in [7, 11) is 0. The number of nitrogens with one attached hydrogen (secondary N) is 2. The maximum Gasteiger partial charge on any atom is 0.274 e. The quantitative estimate of drug-likeness (QED) is 0.177. The Labute approximate surface area is 278 Å². The normalized spacial score (nSPS) is 10.8. The number of hydrogen-bond donors (Lipinski definition) is 4. The van der Waals surface area contributed by atoms with E-state index in [1.807, 2.05) is 42.5 Å². The Balaban J connectivity index is 0.000000171. The van der Waals surface area contributed by atoms with Crippen LogP contribution >= 0.6 is 0 Å². The van der Waals surface area contributed by atoms with Crippen molar-refractivity contribution in [3.8, 4) is 23.0 Å². The van der Waals surface area contributed by atoms with Crippen molar-refractivity contribution in [3.63, 3.8) is 0 Å². The Hall–Kier alpha value is -6.83. The number of amides is 2. The molecule has 7 rings (SSSR count). The van der Waals surface area contributed by atoms with Gasteiger partial charge >= 0.3 is 0 Å². The third kappa shape index (κ3) is 7.44. The van der Waals surface area contributed by atoms with E-state index in [0.717, 1.165) is 5.56 Å². The van der Waals surface area contributed by atoms with Crippen LogP contribution < -0.4 is 22.1 Å². The zero-order valence-corrected chi connectivity index (χ0v) is 26.3. The van der Waals surface area contributed by atoms with E-state index in [9.17, 15) is 14.0 Å². The predicted molar refractivity (Wildman–Crippen MR) is 183 cm³/mol. The molecular formula is C35H29FN10O3. The standard InChI is InChI=1S/C18H14N6O2.C17H15FN4O/c1-10(25)20-12-7-3-2-6-11(12)17-23-24-18(26-17)15-16(19)22-14-9-5-4-8-13(14)21-15;1-10-6-11(8-12(18)7-10)9-20-17(23)15-16(19)22-14-5-3-2-4-13(14)21-15/h2-9H,1H3,(H2,19,22)(H,20,25);2-8H,9H2,1H3,(H2,19,22)(H,20,23). The molecule has 0 unspecified atom stereocenters. The summed E-state index contributed by atoms with van der Waals surface area (Å²) in [5.41, 5.74) is 17.4. The fourth-order valence-corrected chi connectivity index (χ4v) is 4.93. The highest BCUT2D eigenvalue weighted by molar-refractivity contribution is 5.98. The van der Waals surface area contributed by atoms with Crippen molar-refractivity contribution >= 4 is 51.2 Å². The highest BCUT2D eigenvalue weighted by Crippen LogP contribution is 2.31. The Kier molecular flexibility index (Phi) is 9.10. The SMILES string of the molecule is CC(=O)Nc1ccccc1-c1nnc(-c2nc3ccccc3nc2N)o1.Cc1cc(F)cc(CNC(=O)c2nc3ccccc3nc2N)c1. The molecule has 49 heavy (non-hydrogen) atoms. The van der Waals surface area contributed by atoms with Gasteiger partial charge in [-0.25, -0.2) is 24.3 Å². The van der Waals surface area contributed by atoms with Crippen LogP contribution in [0.4, 0.5) is 21.7 Å². The maximum atomic E-state index is 13.4. The number of aryl methyl sites for hydroxylation is 1. The zero-order valence-electron chi connectivity index (χ0n) is 26.3. The summed E-state index contributed by atoms with van der Waals surface area (Å²) in [5.74, 6) is -0.290. The molecule has 3 heterocycles. The van der Waals surface area contributed by atoms with E-state index in [4.69, 9.17) is 15.9 Å². The van der Waals surface area contributed by atoms with Gasteiger partial charge in [-0.2, -0.15) is 0 Å². The number of rotatable bonds is 6. The number of hydrogen-bond acceptors (Lipinski definition) is 11. The van der Waals surface area contributed by atoms with Crippen LogP contribution in [0.25, 0.3) is 45.1 Å². The van der Waals surface area contributed by atoms with E-state index < -0.39 is 5.91 Å². The lowest BCUT2D eigenvalue weighted by Crippen LogP contribution is -2.25. The van der Waals surface area contributed by atoms with Crippen molar-refractivity contribution in [1.82, 2.24) is 35.5 Å². The van der Waals surface area contributed by atoms with Crippen LogP contribution in [0.3, 0.4) is 0 Å². The second-order valence-electron chi connectivity index (χ2n) is 10.9. The van der Waals surface area contributed by atoms with Crippen molar-refractivity contribution in [2.24, 2.45) is 0 Å². The van der Waals surface area contributed by atoms with Crippen molar-refractivity contribution in [2.75, 3.05) is 16.8 Å².